The van der Waals surface area contributed by atoms with Crippen LogP contribution in [0.4, 0.5) is 0 Å². The molecule has 1 rings (SSSR count). The molecule has 0 bridgehead atoms. The number of thiocarbonyl (C=S) groups is 1. The van der Waals surface area contributed by atoms with Crippen LogP contribution in [0.15, 0.2) is 17.2 Å². The fraction of sp³-hybridized carbons (Fsp3) is 0.500. The summed E-state index contributed by atoms with van der Waals surface area (Å²) in [6, 6.07) is 0. The zero-order chi connectivity index (χ0) is 9.84. The van der Waals surface area contributed by atoms with E-state index in [9.17, 15) is 4.79 Å². The Morgan fingerprint density at radius 1 is 1.54 bits per heavy atom. The van der Waals surface area contributed by atoms with E-state index in [1.807, 2.05) is 6.92 Å². The largest absolute Gasteiger partial charge is 0.393 e. The summed E-state index contributed by atoms with van der Waals surface area (Å²) >= 11 is 4.73. The van der Waals surface area contributed by atoms with Crippen molar-refractivity contribution in [3.8, 4) is 0 Å². The van der Waals surface area contributed by atoms with Gasteiger partial charge in [-0.3, -0.25) is 9.13 Å². The maximum absolute atomic E-state index is 11.5. The Balaban J connectivity index is 2.73. The Hall–Kier alpha value is -1.10. The second kappa shape index (κ2) is 4.23. The van der Waals surface area contributed by atoms with E-state index in [-0.39, 0.29) is 5.69 Å². The minimum absolute atomic E-state index is 0.00116. The standard InChI is InChI=1S/C8H13N3OS/c1-2-10-5-6-11(8(10)12)4-3-7(9)13/h5-6H,2-4H2,1H3,(H2,9,13). The summed E-state index contributed by atoms with van der Waals surface area (Å²) in [7, 11) is 0. The zero-order valence-electron chi connectivity index (χ0n) is 7.56. The van der Waals surface area contributed by atoms with Gasteiger partial charge in [-0.05, 0) is 6.92 Å². The van der Waals surface area contributed by atoms with Crippen molar-refractivity contribution in [1.82, 2.24) is 9.13 Å². The van der Waals surface area contributed by atoms with Crippen molar-refractivity contribution in [2.24, 2.45) is 5.73 Å². The Bertz CT molecular complexity index is 353. The molecule has 0 fully saturated rings. The summed E-state index contributed by atoms with van der Waals surface area (Å²) in [5.41, 5.74) is 5.34. The Morgan fingerprint density at radius 2 is 2.15 bits per heavy atom. The second-order valence-electron chi connectivity index (χ2n) is 2.78. The summed E-state index contributed by atoms with van der Waals surface area (Å²) in [6.07, 6.45) is 4.09. The molecule has 0 aliphatic carbocycles. The molecule has 0 unspecified atom stereocenters. The van der Waals surface area contributed by atoms with E-state index in [0.717, 1.165) is 0 Å². The number of aromatic nitrogens is 2. The average Bonchev–Trinajstić information content (AvgIpc) is 2.43. The van der Waals surface area contributed by atoms with Crippen molar-refractivity contribution in [1.29, 1.82) is 0 Å². The van der Waals surface area contributed by atoms with E-state index < -0.39 is 0 Å². The minimum Gasteiger partial charge on any atom is -0.393 e. The van der Waals surface area contributed by atoms with Crippen LogP contribution in [0.2, 0.25) is 0 Å². The molecule has 0 aromatic carbocycles. The highest BCUT2D eigenvalue weighted by Gasteiger charge is 2.00. The van der Waals surface area contributed by atoms with Crippen molar-refractivity contribution in [2.75, 3.05) is 0 Å². The van der Waals surface area contributed by atoms with Crippen LogP contribution in [-0.2, 0) is 13.1 Å². The monoisotopic (exact) mass is 199 g/mol. The van der Waals surface area contributed by atoms with Crippen LogP contribution >= 0.6 is 12.2 Å². The van der Waals surface area contributed by atoms with Crippen LogP contribution in [0.5, 0.6) is 0 Å². The molecular weight excluding hydrogens is 186 g/mol. The van der Waals surface area contributed by atoms with E-state index >= 15 is 0 Å². The lowest BCUT2D eigenvalue weighted by molar-refractivity contribution is 0.640. The molecule has 72 valence electrons. The quantitative estimate of drug-likeness (QED) is 0.712. The van der Waals surface area contributed by atoms with Gasteiger partial charge in [0.05, 0.1) is 4.99 Å². The van der Waals surface area contributed by atoms with Gasteiger partial charge < -0.3 is 5.73 Å². The Morgan fingerprint density at radius 3 is 2.62 bits per heavy atom. The highest BCUT2D eigenvalue weighted by Crippen LogP contribution is 1.89. The number of nitrogens with two attached hydrogens (primary N) is 1. The topological polar surface area (TPSA) is 52.9 Å². The third-order valence-electron chi connectivity index (χ3n) is 1.86. The van der Waals surface area contributed by atoms with E-state index in [0.29, 0.717) is 24.5 Å². The van der Waals surface area contributed by atoms with Gasteiger partial charge >= 0.3 is 5.69 Å². The normalized spacial score (nSPS) is 10.2. The third kappa shape index (κ3) is 2.42. The first-order valence-electron chi connectivity index (χ1n) is 4.19. The lowest BCUT2D eigenvalue weighted by Crippen LogP contribution is -2.25. The van der Waals surface area contributed by atoms with E-state index in [4.69, 9.17) is 18.0 Å². The van der Waals surface area contributed by atoms with Gasteiger partial charge in [-0.1, -0.05) is 12.2 Å². The highest BCUT2D eigenvalue weighted by molar-refractivity contribution is 7.80. The molecule has 5 heteroatoms. The molecule has 0 amide bonds. The Kier molecular flexibility index (Phi) is 3.25. The fourth-order valence-electron chi connectivity index (χ4n) is 1.09. The summed E-state index contributed by atoms with van der Waals surface area (Å²) in [5.74, 6) is 0. The number of nitrogens with zero attached hydrogens (tertiary/aromatic N) is 2. The molecule has 13 heavy (non-hydrogen) atoms. The van der Waals surface area contributed by atoms with Gasteiger partial charge in [0.2, 0.25) is 0 Å². The van der Waals surface area contributed by atoms with Crippen LogP contribution in [-0.4, -0.2) is 14.1 Å². The molecule has 0 atom stereocenters. The number of hydrogen-bond donors (Lipinski definition) is 1. The smallest absolute Gasteiger partial charge is 0.328 e. The van der Waals surface area contributed by atoms with Gasteiger partial charge in [-0.2, -0.15) is 0 Å². The van der Waals surface area contributed by atoms with Crippen molar-refractivity contribution in [3.05, 3.63) is 22.9 Å². The van der Waals surface area contributed by atoms with Gasteiger partial charge in [0.25, 0.3) is 0 Å². The van der Waals surface area contributed by atoms with Crippen LogP contribution < -0.4 is 11.4 Å². The van der Waals surface area contributed by atoms with Crippen LogP contribution in [0.1, 0.15) is 13.3 Å². The summed E-state index contributed by atoms with van der Waals surface area (Å²) < 4.78 is 3.25. The minimum atomic E-state index is -0.00116. The molecule has 0 saturated heterocycles. The lowest BCUT2D eigenvalue weighted by Gasteiger charge is -1.99. The maximum Gasteiger partial charge on any atom is 0.328 e. The molecule has 0 saturated carbocycles. The molecule has 1 aromatic rings. The van der Waals surface area contributed by atoms with Crippen molar-refractivity contribution >= 4 is 17.2 Å². The van der Waals surface area contributed by atoms with Crippen LogP contribution in [0, 0.1) is 0 Å². The van der Waals surface area contributed by atoms with E-state index in [1.165, 1.54) is 0 Å². The molecule has 0 radical (unpaired) electrons. The molecule has 1 heterocycles. The van der Waals surface area contributed by atoms with Crippen molar-refractivity contribution in [2.45, 2.75) is 26.4 Å². The van der Waals surface area contributed by atoms with Gasteiger partial charge in [0, 0.05) is 31.9 Å². The molecule has 4 nitrogen and oxygen atoms in total. The first-order valence-corrected chi connectivity index (χ1v) is 4.60. The lowest BCUT2D eigenvalue weighted by atomic mass is 10.4. The van der Waals surface area contributed by atoms with Crippen molar-refractivity contribution in [3.63, 3.8) is 0 Å². The van der Waals surface area contributed by atoms with Gasteiger partial charge in [0.1, 0.15) is 0 Å². The summed E-state index contributed by atoms with van der Waals surface area (Å²) in [4.78, 5) is 11.9. The number of rotatable bonds is 4. The Labute approximate surface area is 82.0 Å². The third-order valence-corrected chi connectivity index (χ3v) is 2.06. The molecule has 0 spiro atoms. The summed E-state index contributed by atoms with van der Waals surface area (Å²) in [6.45, 7) is 3.19. The molecule has 0 aliphatic rings. The second-order valence-corrected chi connectivity index (χ2v) is 3.30. The van der Waals surface area contributed by atoms with E-state index in [2.05, 4.69) is 0 Å². The molecule has 1 aromatic heterocycles. The number of imidazole rings is 1. The fourth-order valence-corrected chi connectivity index (χ4v) is 1.19. The first-order chi connectivity index (χ1) is 6.15. The molecular formula is C8H13N3OS. The molecule has 2 N–H and O–H groups in total. The first kappa shape index (κ1) is 9.98. The zero-order valence-corrected chi connectivity index (χ0v) is 8.38. The summed E-state index contributed by atoms with van der Waals surface area (Å²) in [5, 5.41) is 0. The number of hydrogen-bond acceptors (Lipinski definition) is 2. The predicted molar refractivity (Wildman–Crippen MR) is 55.8 cm³/mol. The van der Waals surface area contributed by atoms with Gasteiger partial charge in [0.15, 0.2) is 0 Å². The van der Waals surface area contributed by atoms with Crippen LogP contribution in [0.25, 0.3) is 0 Å². The predicted octanol–water partition coefficient (Wildman–Crippen LogP) is 0.346. The van der Waals surface area contributed by atoms with Gasteiger partial charge in [-0.25, -0.2) is 4.79 Å². The van der Waals surface area contributed by atoms with Gasteiger partial charge in [-0.15, -0.1) is 0 Å². The van der Waals surface area contributed by atoms with E-state index in [1.54, 1.807) is 21.5 Å². The highest BCUT2D eigenvalue weighted by atomic mass is 32.1. The maximum atomic E-state index is 11.5. The van der Waals surface area contributed by atoms with Crippen LogP contribution in [0.3, 0.4) is 0 Å². The SMILES string of the molecule is CCn1ccn(CCC(N)=S)c1=O. The average molecular weight is 199 g/mol. The molecule has 0 aliphatic heterocycles. The number of aryl methyl sites for hydroxylation is 2. The van der Waals surface area contributed by atoms with Crippen molar-refractivity contribution < 1.29 is 0 Å².